The van der Waals surface area contributed by atoms with Crippen molar-refractivity contribution in [3.8, 4) is 0 Å². The largest absolute Gasteiger partial charge is 0.380 e. The third kappa shape index (κ3) is 2.72. The van der Waals surface area contributed by atoms with Gasteiger partial charge in [-0.3, -0.25) is 4.31 Å². The number of aryl methyl sites for hydroxylation is 1. The van der Waals surface area contributed by atoms with Crippen LogP contribution in [0.25, 0.3) is 0 Å². The maximum Gasteiger partial charge on any atom is 0.264 e. The van der Waals surface area contributed by atoms with Gasteiger partial charge in [-0.1, -0.05) is 17.7 Å². The minimum Gasteiger partial charge on any atom is -0.380 e. The van der Waals surface area contributed by atoms with Gasteiger partial charge in [0.15, 0.2) is 0 Å². The van der Waals surface area contributed by atoms with Crippen molar-refractivity contribution in [2.45, 2.75) is 24.8 Å². The van der Waals surface area contributed by atoms with Gasteiger partial charge in [0.25, 0.3) is 10.0 Å². The van der Waals surface area contributed by atoms with E-state index in [0.717, 1.165) is 5.56 Å². The zero-order valence-corrected chi connectivity index (χ0v) is 15.1. The van der Waals surface area contributed by atoms with Crippen LogP contribution < -0.4 is 9.62 Å². The first kappa shape index (κ1) is 16.3. The van der Waals surface area contributed by atoms with Gasteiger partial charge < -0.3 is 5.32 Å². The van der Waals surface area contributed by atoms with Gasteiger partial charge in [0.2, 0.25) is 0 Å². The number of sulfonamides is 1. The Morgan fingerprint density at radius 1 is 1.22 bits per heavy atom. The maximum atomic E-state index is 13.7. The molecular formula is C16H16BrFN2O2S. The van der Waals surface area contributed by atoms with Crippen molar-refractivity contribution >= 4 is 37.3 Å². The van der Waals surface area contributed by atoms with Gasteiger partial charge in [0, 0.05) is 6.54 Å². The van der Waals surface area contributed by atoms with Crippen LogP contribution in [0.15, 0.2) is 45.8 Å². The Balaban J connectivity index is 2.16. The van der Waals surface area contributed by atoms with Crippen LogP contribution in [0.2, 0.25) is 0 Å². The van der Waals surface area contributed by atoms with E-state index >= 15 is 0 Å². The van der Waals surface area contributed by atoms with Crippen molar-refractivity contribution in [3.05, 3.63) is 52.3 Å². The molecule has 0 radical (unpaired) electrons. The second-order valence-electron chi connectivity index (χ2n) is 5.60. The Morgan fingerprint density at radius 3 is 2.52 bits per heavy atom. The van der Waals surface area contributed by atoms with Crippen LogP contribution >= 0.6 is 15.9 Å². The highest BCUT2D eigenvalue weighted by atomic mass is 79.9. The molecule has 0 aliphatic carbocycles. The summed E-state index contributed by atoms with van der Waals surface area (Å²) in [6.07, 6.45) is 0. The minimum absolute atomic E-state index is 0.225. The highest BCUT2D eigenvalue weighted by Crippen LogP contribution is 2.41. The molecule has 4 nitrogen and oxygen atoms in total. The van der Waals surface area contributed by atoms with E-state index < -0.39 is 15.8 Å². The fourth-order valence-electron chi connectivity index (χ4n) is 2.65. The lowest BCUT2D eigenvalue weighted by molar-refractivity contribution is 0.579. The summed E-state index contributed by atoms with van der Waals surface area (Å²) in [5.41, 5.74) is 1.89. The van der Waals surface area contributed by atoms with Gasteiger partial charge in [-0.15, -0.1) is 0 Å². The molecule has 23 heavy (non-hydrogen) atoms. The molecule has 1 N–H and O–H groups in total. The van der Waals surface area contributed by atoms with E-state index in [9.17, 15) is 12.8 Å². The fourth-order valence-corrected chi connectivity index (χ4v) is 4.79. The van der Waals surface area contributed by atoms with Gasteiger partial charge in [0.05, 0.1) is 26.8 Å². The quantitative estimate of drug-likeness (QED) is 0.833. The molecule has 0 aromatic heterocycles. The van der Waals surface area contributed by atoms with E-state index in [-0.39, 0.29) is 15.4 Å². The molecule has 0 fully saturated rings. The van der Waals surface area contributed by atoms with Gasteiger partial charge in [-0.25, -0.2) is 12.8 Å². The van der Waals surface area contributed by atoms with Crippen molar-refractivity contribution in [1.82, 2.24) is 0 Å². The predicted molar refractivity (Wildman–Crippen MR) is 92.9 cm³/mol. The molecule has 1 heterocycles. The Labute approximate surface area is 143 Å². The van der Waals surface area contributed by atoms with E-state index in [2.05, 4.69) is 21.2 Å². The number of benzene rings is 2. The minimum atomic E-state index is -3.72. The topological polar surface area (TPSA) is 49.4 Å². The SMILES string of the molecule is Cc1ccc(S(=O)(=O)N2c3ccc(F)c(Br)c3NCC2C)cc1. The van der Waals surface area contributed by atoms with Crippen LogP contribution in [0.3, 0.4) is 0 Å². The van der Waals surface area contributed by atoms with Crippen molar-refractivity contribution in [3.63, 3.8) is 0 Å². The second kappa shape index (κ2) is 5.79. The van der Waals surface area contributed by atoms with E-state index in [4.69, 9.17) is 0 Å². The van der Waals surface area contributed by atoms with E-state index in [1.54, 1.807) is 24.3 Å². The molecule has 2 aromatic rings. The molecule has 122 valence electrons. The average molecular weight is 399 g/mol. The number of nitrogens with one attached hydrogen (secondary N) is 1. The highest BCUT2D eigenvalue weighted by molar-refractivity contribution is 9.10. The Hall–Kier alpha value is -1.60. The van der Waals surface area contributed by atoms with E-state index in [1.165, 1.54) is 16.4 Å². The first-order valence-electron chi connectivity index (χ1n) is 7.15. The smallest absolute Gasteiger partial charge is 0.264 e. The number of anilines is 2. The summed E-state index contributed by atoms with van der Waals surface area (Å²) in [5, 5.41) is 3.09. The molecule has 0 bridgehead atoms. The van der Waals surface area contributed by atoms with Crippen LogP contribution in [-0.2, 0) is 10.0 Å². The third-order valence-corrected chi connectivity index (χ3v) is 6.58. The van der Waals surface area contributed by atoms with Crippen LogP contribution in [0, 0.1) is 12.7 Å². The third-order valence-electron chi connectivity index (χ3n) is 3.86. The summed E-state index contributed by atoms with van der Waals surface area (Å²) in [7, 11) is -3.72. The summed E-state index contributed by atoms with van der Waals surface area (Å²) in [4.78, 5) is 0.225. The number of nitrogens with zero attached hydrogens (tertiary/aromatic N) is 1. The number of fused-ring (bicyclic) bond motifs is 1. The molecule has 7 heteroatoms. The molecule has 0 amide bonds. The fraction of sp³-hybridized carbons (Fsp3) is 0.250. The van der Waals surface area contributed by atoms with Gasteiger partial charge in [0.1, 0.15) is 5.82 Å². The van der Waals surface area contributed by atoms with Gasteiger partial charge >= 0.3 is 0 Å². The van der Waals surface area contributed by atoms with Crippen LogP contribution in [-0.4, -0.2) is 21.0 Å². The zero-order valence-electron chi connectivity index (χ0n) is 12.7. The molecule has 1 aliphatic heterocycles. The monoisotopic (exact) mass is 398 g/mol. The molecular weight excluding hydrogens is 383 g/mol. The summed E-state index contributed by atoms with van der Waals surface area (Å²) in [5.74, 6) is -0.432. The lowest BCUT2D eigenvalue weighted by Crippen LogP contribution is -2.46. The first-order chi connectivity index (χ1) is 10.8. The number of hydrogen-bond acceptors (Lipinski definition) is 3. The summed E-state index contributed by atoms with van der Waals surface area (Å²) >= 11 is 3.19. The molecule has 0 saturated heterocycles. The van der Waals surface area contributed by atoms with Crippen molar-refractivity contribution < 1.29 is 12.8 Å². The van der Waals surface area contributed by atoms with Crippen LogP contribution in [0.1, 0.15) is 12.5 Å². The molecule has 0 saturated carbocycles. The molecule has 1 atom stereocenters. The van der Waals surface area contributed by atoms with Crippen molar-refractivity contribution in [2.24, 2.45) is 0 Å². The standard InChI is InChI=1S/C16H16BrFN2O2S/c1-10-3-5-12(6-4-10)23(21,22)20-11(2)9-19-16-14(20)8-7-13(18)15(16)17/h3-8,11,19H,9H2,1-2H3. The molecule has 2 aromatic carbocycles. The molecule has 1 aliphatic rings. The lowest BCUT2D eigenvalue weighted by atomic mass is 10.1. The van der Waals surface area contributed by atoms with Crippen LogP contribution in [0.4, 0.5) is 15.8 Å². The maximum absolute atomic E-state index is 13.7. The Kier molecular flexibility index (Phi) is 4.10. The second-order valence-corrected chi connectivity index (χ2v) is 8.21. The van der Waals surface area contributed by atoms with Crippen LogP contribution in [0.5, 0.6) is 0 Å². The van der Waals surface area contributed by atoms with Gasteiger partial charge in [-0.05, 0) is 54.0 Å². The Bertz CT molecular complexity index is 853. The first-order valence-corrected chi connectivity index (χ1v) is 9.38. The van der Waals surface area contributed by atoms with Gasteiger partial charge in [-0.2, -0.15) is 0 Å². The molecule has 0 spiro atoms. The number of halogens is 2. The summed E-state index contributed by atoms with van der Waals surface area (Å²) in [6.45, 7) is 4.12. The van der Waals surface area contributed by atoms with Crippen molar-refractivity contribution in [2.75, 3.05) is 16.2 Å². The summed E-state index contributed by atoms with van der Waals surface area (Å²) < 4.78 is 41.5. The normalized spacial score (nSPS) is 17.6. The number of rotatable bonds is 2. The Morgan fingerprint density at radius 2 is 1.87 bits per heavy atom. The molecule has 1 unspecified atom stereocenters. The van der Waals surface area contributed by atoms with E-state index in [1.807, 2.05) is 13.8 Å². The zero-order chi connectivity index (χ0) is 16.8. The van der Waals surface area contributed by atoms with Crippen molar-refractivity contribution in [1.29, 1.82) is 0 Å². The van der Waals surface area contributed by atoms with E-state index in [0.29, 0.717) is 17.9 Å². The average Bonchev–Trinajstić information content (AvgIpc) is 2.51. The summed E-state index contributed by atoms with van der Waals surface area (Å²) in [6, 6.07) is 9.19. The molecule has 3 rings (SSSR count). The highest BCUT2D eigenvalue weighted by Gasteiger charge is 2.35. The predicted octanol–water partition coefficient (Wildman–Crippen LogP) is 3.91. The number of hydrogen-bond donors (Lipinski definition) is 1. The lowest BCUT2D eigenvalue weighted by Gasteiger charge is -2.37.